The van der Waals surface area contributed by atoms with Gasteiger partial charge in [-0.05, 0) is 61.9 Å². The highest BCUT2D eigenvalue weighted by molar-refractivity contribution is 5.69. The molecule has 5 nitrogen and oxygen atoms in total. The molecule has 0 fully saturated rings. The van der Waals surface area contributed by atoms with Gasteiger partial charge in [-0.1, -0.05) is 42.0 Å². The molecule has 0 amide bonds. The van der Waals surface area contributed by atoms with Gasteiger partial charge in [-0.25, -0.2) is 14.4 Å². The minimum Gasteiger partial charge on any atom is -0.210 e. The number of benzene rings is 3. The second-order valence-corrected chi connectivity index (χ2v) is 7.44. The van der Waals surface area contributed by atoms with Crippen molar-refractivity contribution in [2.45, 2.75) is 19.9 Å². The van der Waals surface area contributed by atoms with Crippen molar-refractivity contribution in [3.8, 4) is 28.6 Å². The largest absolute Gasteiger partial charge is 0.269 e. The van der Waals surface area contributed by atoms with Crippen LogP contribution in [-0.2, 0) is 0 Å². The fraction of sp³-hybridized carbons (Fsp3) is 0.115. The zero-order chi connectivity index (χ0) is 22.5. The number of hydrogen-bond acceptors (Lipinski definition) is 5. The van der Waals surface area contributed by atoms with Crippen molar-refractivity contribution in [2.75, 3.05) is 0 Å². The summed E-state index contributed by atoms with van der Waals surface area (Å²) in [4.78, 5) is 9.11. The van der Waals surface area contributed by atoms with Crippen LogP contribution in [0.3, 0.4) is 0 Å². The third kappa shape index (κ3) is 4.90. The zero-order valence-corrected chi connectivity index (χ0v) is 17.7. The molecule has 0 aliphatic rings. The number of hydrogen-bond donors (Lipinski definition) is 0. The average Bonchev–Trinajstić information content (AvgIpc) is 2.83. The lowest BCUT2D eigenvalue weighted by Gasteiger charge is -2.08. The second-order valence-electron chi connectivity index (χ2n) is 7.44. The lowest BCUT2D eigenvalue weighted by molar-refractivity contribution is 0.628. The maximum Gasteiger partial charge on any atom is 0.269 e. The fourth-order valence-electron chi connectivity index (χ4n) is 3.16. The fourth-order valence-corrected chi connectivity index (χ4v) is 3.16. The summed E-state index contributed by atoms with van der Waals surface area (Å²) < 4.78 is 13.4. The number of rotatable bonds is 5. The van der Waals surface area contributed by atoms with Crippen LogP contribution in [0.25, 0.3) is 22.5 Å². The highest BCUT2D eigenvalue weighted by Crippen LogP contribution is 2.27. The highest BCUT2D eigenvalue weighted by Gasteiger charge is 2.10. The molecule has 0 aliphatic carbocycles. The van der Waals surface area contributed by atoms with Gasteiger partial charge in [0.05, 0.1) is 29.1 Å². The third-order valence-corrected chi connectivity index (χ3v) is 5.04. The van der Waals surface area contributed by atoms with E-state index in [9.17, 15) is 4.39 Å². The number of nitriles is 1. The molecule has 4 aromatic rings. The minimum absolute atomic E-state index is 0.225. The van der Waals surface area contributed by atoms with Crippen LogP contribution >= 0.6 is 0 Å². The van der Waals surface area contributed by atoms with Gasteiger partial charge < -0.3 is 0 Å². The van der Waals surface area contributed by atoms with E-state index in [1.807, 2.05) is 56.3 Å². The number of azo groups is 1. The standard InChI is InChI=1S/C26H20FN5/c1-17-3-7-21(8-4-17)24-15-25(22-11-13-23(27)14-12-22)30-26(29-24)32-31-18(2)20-9-5-19(16-28)6-10-20/h3-15,18H,1-2H3. The molecule has 1 aromatic heterocycles. The third-order valence-electron chi connectivity index (χ3n) is 5.04. The summed E-state index contributed by atoms with van der Waals surface area (Å²) in [5.41, 5.74) is 5.71. The van der Waals surface area contributed by atoms with Crippen LogP contribution in [0.4, 0.5) is 10.3 Å². The predicted octanol–water partition coefficient (Wildman–Crippen LogP) is 6.97. The maximum atomic E-state index is 13.4. The number of aryl methyl sites for hydroxylation is 1. The Balaban J connectivity index is 1.71. The summed E-state index contributed by atoms with van der Waals surface area (Å²) in [6, 6.07) is 25.1. The van der Waals surface area contributed by atoms with Crippen LogP contribution in [0.1, 0.15) is 29.7 Å². The van der Waals surface area contributed by atoms with Crippen LogP contribution in [0.2, 0.25) is 0 Å². The number of halogens is 1. The van der Waals surface area contributed by atoms with Crippen LogP contribution in [0.5, 0.6) is 0 Å². The first-order valence-electron chi connectivity index (χ1n) is 10.1. The lowest BCUT2D eigenvalue weighted by Crippen LogP contribution is -1.93. The Hall–Kier alpha value is -4.24. The van der Waals surface area contributed by atoms with E-state index in [4.69, 9.17) is 5.26 Å². The van der Waals surface area contributed by atoms with Gasteiger partial charge in [0.1, 0.15) is 5.82 Å². The topological polar surface area (TPSA) is 74.3 Å². The van der Waals surface area contributed by atoms with Crippen molar-refractivity contribution in [3.63, 3.8) is 0 Å². The molecule has 6 heteroatoms. The molecule has 1 unspecified atom stereocenters. The molecule has 0 saturated carbocycles. The van der Waals surface area contributed by atoms with E-state index < -0.39 is 0 Å². The summed E-state index contributed by atoms with van der Waals surface area (Å²) in [6.07, 6.45) is 0. The number of nitrogens with zero attached hydrogens (tertiary/aromatic N) is 5. The molecule has 0 radical (unpaired) electrons. The molecular weight excluding hydrogens is 401 g/mol. The van der Waals surface area contributed by atoms with Crippen molar-refractivity contribution in [2.24, 2.45) is 10.2 Å². The molecule has 0 saturated heterocycles. The first-order chi connectivity index (χ1) is 15.5. The summed E-state index contributed by atoms with van der Waals surface area (Å²) in [5.74, 6) is -0.0828. The molecule has 0 spiro atoms. The van der Waals surface area contributed by atoms with Crippen LogP contribution in [0, 0.1) is 24.1 Å². The van der Waals surface area contributed by atoms with Gasteiger partial charge in [-0.2, -0.15) is 10.4 Å². The average molecular weight is 421 g/mol. The predicted molar refractivity (Wildman–Crippen MR) is 122 cm³/mol. The summed E-state index contributed by atoms with van der Waals surface area (Å²) in [6.45, 7) is 3.94. The van der Waals surface area contributed by atoms with E-state index in [0.29, 0.717) is 17.0 Å². The smallest absolute Gasteiger partial charge is 0.210 e. The minimum atomic E-state index is -0.308. The van der Waals surface area contributed by atoms with Crippen LogP contribution in [0.15, 0.2) is 89.1 Å². The normalized spacial score (nSPS) is 11.9. The Bertz CT molecular complexity index is 1220. The van der Waals surface area contributed by atoms with Crippen molar-refractivity contribution in [1.29, 1.82) is 5.26 Å². The van der Waals surface area contributed by atoms with Gasteiger partial charge in [0.2, 0.25) is 0 Å². The molecule has 32 heavy (non-hydrogen) atoms. The van der Waals surface area contributed by atoms with E-state index in [2.05, 4.69) is 26.3 Å². The molecule has 4 rings (SSSR count). The Morgan fingerprint density at radius 3 is 1.97 bits per heavy atom. The van der Waals surface area contributed by atoms with Gasteiger partial charge in [0, 0.05) is 11.1 Å². The SMILES string of the molecule is Cc1ccc(-c2cc(-c3ccc(F)cc3)nc(N=NC(C)c3ccc(C#N)cc3)n2)cc1. The second kappa shape index (κ2) is 9.27. The Kier molecular flexibility index (Phi) is 6.09. The van der Waals surface area contributed by atoms with E-state index in [1.54, 1.807) is 24.3 Å². The molecule has 156 valence electrons. The van der Waals surface area contributed by atoms with Crippen molar-refractivity contribution in [3.05, 3.63) is 101 Å². The van der Waals surface area contributed by atoms with E-state index in [0.717, 1.165) is 22.3 Å². The van der Waals surface area contributed by atoms with Crippen LogP contribution < -0.4 is 0 Å². The lowest BCUT2D eigenvalue weighted by atomic mass is 10.1. The first-order valence-corrected chi connectivity index (χ1v) is 10.1. The van der Waals surface area contributed by atoms with Gasteiger partial charge in [-0.3, -0.25) is 0 Å². The molecular formula is C26H20FN5. The van der Waals surface area contributed by atoms with Crippen molar-refractivity contribution in [1.82, 2.24) is 9.97 Å². The Morgan fingerprint density at radius 2 is 1.41 bits per heavy atom. The van der Waals surface area contributed by atoms with Gasteiger partial charge >= 0.3 is 0 Å². The molecule has 1 atom stereocenters. The first kappa shape index (κ1) is 21.0. The molecule has 0 aliphatic heterocycles. The monoisotopic (exact) mass is 421 g/mol. The molecule has 1 heterocycles. The zero-order valence-electron chi connectivity index (χ0n) is 17.7. The van der Waals surface area contributed by atoms with Gasteiger partial charge in [0.25, 0.3) is 5.95 Å². The van der Waals surface area contributed by atoms with E-state index in [1.165, 1.54) is 12.1 Å². The summed E-state index contributed by atoms with van der Waals surface area (Å²) in [7, 11) is 0. The Labute approximate surface area is 186 Å². The maximum absolute atomic E-state index is 13.4. The van der Waals surface area contributed by atoms with Gasteiger partial charge in [0.15, 0.2) is 0 Å². The summed E-state index contributed by atoms with van der Waals surface area (Å²) in [5, 5.41) is 17.6. The molecule has 0 bridgehead atoms. The van der Waals surface area contributed by atoms with Crippen molar-refractivity contribution >= 4 is 5.95 Å². The van der Waals surface area contributed by atoms with Crippen molar-refractivity contribution < 1.29 is 4.39 Å². The van der Waals surface area contributed by atoms with E-state index in [-0.39, 0.29) is 17.8 Å². The van der Waals surface area contributed by atoms with Gasteiger partial charge in [-0.15, -0.1) is 5.11 Å². The highest BCUT2D eigenvalue weighted by atomic mass is 19.1. The molecule has 3 aromatic carbocycles. The molecule has 0 N–H and O–H groups in total. The quantitative estimate of drug-likeness (QED) is 0.326. The number of aromatic nitrogens is 2. The van der Waals surface area contributed by atoms with E-state index >= 15 is 0 Å². The Morgan fingerprint density at radius 1 is 0.844 bits per heavy atom. The summed E-state index contributed by atoms with van der Waals surface area (Å²) >= 11 is 0. The van der Waals surface area contributed by atoms with Crippen LogP contribution in [-0.4, -0.2) is 9.97 Å².